The lowest BCUT2D eigenvalue weighted by atomic mass is 10.2. The molecule has 0 aliphatic carbocycles. The molecule has 0 bridgehead atoms. The third-order valence-corrected chi connectivity index (χ3v) is 4.52. The Balaban J connectivity index is 2.06. The van der Waals surface area contributed by atoms with Gasteiger partial charge in [-0.25, -0.2) is 12.8 Å². The minimum Gasteiger partial charge on any atom is -0.350 e. The molecule has 0 aliphatic heterocycles. The topological polar surface area (TPSA) is 66.5 Å². The molecule has 0 fully saturated rings. The molecule has 0 heterocycles. The van der Waals surface area contributed by atoms with Crippen molar-refractivity contribution in [3.8, 4) is 0 Å². The Labute approximate surface area is 141 Å². The zero-order valence-electron chi connectivity index (χ0n) is 13.5. The maximum Gasteiger partial charge on any atom is 0.241 e. The maximum atomic E-state index is 12.8. The molecule has 0 radical (unpaired) electrons. The summed E-state index contributed by atoms with van der Waals surface area (Å²) >= 11 is 0. The molecule has 5 nitrogen and oxygen atoms in total. The summed E-state index contributed by atoms with van der Waals surface area (Å²) in [6.07, 6.45) is 1.06. The summed E-state index contributed by atoms with van der Waals surface area (Å²) in [7, 11) is -3.60. The van der Waals surface area contributed by atoms with Crippen LogP contribution in [-0.4, -0.2) is 27.1 Å². The highest BCUT2D eigenvalue weighted by atomic mass is 32.2. The summed E-state index contributed by atoms with van der Waals surface area (Å²) in [5.74, 6) is -0.793. The number of anilines is 1. The van der Waals surface area contributed by atoms with E-state index >= 15 is 0 Å². The van der Waals surface area contributed by atoms with Crippen molar-refractivity contribution in [3.05, 3.63) is 65.5 Å². The van der Waals surface area contributed by atoms with Gasteiger partial charge in [-0.3, -0.25) is 9.10 Å². The van der Waals surface area contributed by atoms with E-state index in [1.807, 2.05) is 13.0 Å². The molecular weight excluding hydrogens is 331 g/mol. The highest BCUT2D eigenvalue weighted by Gasteiger charge is 2.20. The molecular formula is C17H19FN2O3S. The molecule has 0 aromatic heterocycles. The number of sulfonamides is 1. The molecule has 7 heteroatoms. The monoisotopic (exact) mass is 350 g/mol. The number of carbonyl (C=O) groups excluding carboxylic acids is 1. The molecule has 0 aliphatic rings. The number of nitrogens with zero attached hydrogens (tertiary/aromatic N) is 1. The van der Waals surface area contributed by atoms with Crippen LogP contribution in [-0.2, 0) is 21.4 Å². The SMILES string of the molecule is Cc1cccc(N(CC(=O)NCc2ccc(F)cc2)S(C)(=O)=O)c1. The quantitative estimate of drug-likeness (QED) is 0.869. The third-order valence-electron chi connectivity index (χ3n) is 3.38. The van der Waals surface area contributed by atoms with Crippen LogP contribution in [0, 0.1) is 12.7 Å². The van der Waals surface area contributed by atoms with Crippen molar-refractivity contribution in [2.45, 2.75) is 13.5 Å². The third kappa shape index (κ3) is 5.06. The number of rotatable bonds is 6. The second-order valence-electron chi connectivity index (χ2n) is 5.51. The van der Waals surface area contributed by atoms with Crippen LogP contribution in [0.5, 0.6) is 0 Å². The standard InChI is InChI=1S/C17H19FN2O3S/c1-13-4-3-5-16(10-13)20(24(2,22)23)12-17(21)19-11-14-6-8-15(18)9-7-14/h3-10H,11-12H2,1-2H3,(H,19,21). The molecule has 0 saturated carbocycles. The predicted octanol–water partition coefficient (Wildman–Crippen LogP) is 2.22. The lowest BCUT2D eigenvalue weighted by Crippen LogP contribution is -2.40. The van der Waals surface area contributed by atoms with E-state index in [4.69, 9.17) is 0 Å². The second-order valence-corrected chi connectivity index (χ2v) is 7.42. The predicted molar refractivity (Wildman–Crippen MR) is 91.6 cm³/mol. The van der Waals surface area contributed by atoms with Crippen molar-refractivity contribution >= 4 is 21.6 Å². The smallest absolute Gasteiger partial charge is 0.241 e. The van der Waals surface area contributed by atoms with Gasteiger partial charge in [0.15, 0.2) is 0 Å². The van der Waals surface area contributed by atoms with Gasteiger partial charge >= 0.3 is 0 Å². The first-order valence-electron chi connectivity index (χ1n) is 7.31. The highest BCUT2D eigenvalue weighted by Crippen LogP contribution is 2.18. The number of nitrogens with one attached hydrogen (secondary N) is 1. The fourth-order valence-electron chi connectivity index (χ4n) is 2.17. The van der Waals surface area contributed by atoms with Crippen LogP contribution >= 0.6 is 0 Å². The first-order valence-corrected chi connectivity index (χ1v) is 9.16. The Bertz CT molecular complexity index is 820. The lowest BCUT2D eigenvalue weighted by Gasteiger charge is -2.22. The van der Waals surface area contributed by atoms with Crippen LogP contribution < -0.4 is 9.62 Å². The maximum absolute atomic E-state index is 12.8. The summed E-state index contributed by atoms with van der Waals surface area (Å²) < 4.78 is 37.9. The Morgan fingerprint density at radius 2 is 1.83 bits per heavy atom. The van der Waals surface area contributed by atoms with E-state index in [1.165, 1.54) is 12.1 Å². The largest absolute Gasteiger partial charge is 0.350 e. The lowest BCUT2D eigenvalue weighted by molar-refractivity contribution is -0.119. The summed E-state index contributed by atoms with van der Waals surface area (Å²) in [6, 6.07) is 12.6. The minimum absolute atomic E-state index is 0.199. The average molecular weight is 350 g/mol. The van der Waals surface area contributed by atoms with Crippen LogP contribution in [0.25, 0.3) is 0 Å². The molecule has 0 saturated heterocycles. The normalized spacial score (nSPS) is 11.1. The number of benzene rings is 2. The number of carbonyl (C=O) groups is 1. The Hall–Kier alpha value is -2.41. The number of hydrogen-bond acceptors (Lipinski definition) is 3. The van der Waals surface area contributed by atoms with E-state index in [9.17, 15) is 17.6 Å². The fourth-order valence-corrected chi connectivity index (χ4v) is 3.02. The summed E-state index contributed by atoms with van der Waals surface area (Å²) in [5.41, 5.74) is 2.06. The summed E-state index contributed by atoms with van der Waals surface area (Å²) in [6.45, 7) is 1.73. The van der Waals surface area contributed by atoms with Crippen molar-refractivity contribution in [1.82, 2.24) is 5.32 Å². The van der Waals surface area contributed by atoms with E-state index in [0.717, 1.165) is 21.7 Å². The number of aryl methyl sites for hydroxylation is 1. The zero-order chi connectivity index (χ0) is 17.7. The molecule has 24 heavy (non-hydrogen) atoms. The van der Waals surface area contributed by atoms with Gasteiger partial charge in [0.2, 0.25) is 15.9 Å². The highest BCUT2D eigenvalue weighted by molar-refractivity contribution is 7.92. The van der Waals surface area contributed by atoms with E-state index in [0.29, 0.717) is 5.69 Å². The Morgan fingerprint density at radius 3 is 2.42 bits per heavy atom. The molecule has 1 N–H and O–H groups in total. The molecule has 0 unspecified atom stereocenters. The van der Waals surface area contributed by atoms with E-state index < -0.39 is 15.9 Å². The summed E-state index contributed by atoms with van der Waals surface area (Å²) in [5, 5.41) is 2.64. The van der Waals surface area contributed by atoms with Crippen molar-refractivity contribution in [3.63, 3.8) is 0 Å². The van der Waals surface area contributed by atoms with Crippen LogP contribution in [0.1, 0.15) is 11.1 Å². The van der Waals surface area contributed by atoms with Gasteiger partial charge in [0.1, 0.15) is 12.4 Å². The van der Waals surface area contributed by atoms with Crippen LogP contribution in [0.3, 0.4) is 0 Å². The molecule has 0 spiro atoms. The van der Waals surface area contributed by atoms with Gasteiger partial charge in [-0.05, 0) is 42.3 Å². The van der Waals surface area contributed by atoms with Gasteiger partial charge in [0, 0.05) is 6.54 Å². The zero-order valence-corrected chi connectivity index (χ0v) is 14.3. The van der Waals surface area contributed by atoms with Crippen molar-refractivity contribution in [2.75, 3.05) is 17.1 Å². The van der Waals surface area contributed by atoms with Gasteiger partial charge in [0.05, 0.1) is 11.9 Å². The van der Waals surface area contributed by atoms with Crippen molar-refractivity contribution in [2.24, 2.45) is 0 Å². The van der Waals surface area contributed by atoms with E-state index in [2.05, 4.69) is 5.32 Å². The molecule has 2 rings (SSSR count). The summed E-state index contributed by atoms with van der Waals surface area (Å²) in [4.78, 5) is 12.1. The number of halogens is 1. The van der Waals surface area contributed by atoms with Gasteiger partial charge < -0.3 is 5.32 Å². The molecule has 2 aromatic rings. The van der Waals surface area contributed by atoms with Gasteiger partial charge in [-0.15, -0.1) is 0 Å². The molecule has 0 atom stereocenters. The van der Waals surface area contributed by atoms with Gasteiger partial charge in [-0.2, -0.15) is 0 Å². The van der Waals surface area contributed by atoms with Crippen LogP contribution in [0.2, 0.25) is 0 Å². The first-order chi connectivity index (χ1) is 11.3. The van der Waals surface area contributed by atoms with Crippen molar-refractivity contribution in [1.29, 1.82) is 0 Å². The Morgan fingerprint density at radius 1 is 1.17 bits per heavy atom. The molecule has 1 amide bonds. The number of hydrogen-bond donors (Lipinski definition) is 1. The average Bonchev–Trinajstić information content (AvgIpc) is 2.51. The van der Waals surface area contributed by atoms with Gasteiger partial charge in [0.25, 0.3) is 0 Å². The fraction of sp³-hybridized carbons (Fsp3) is 0.235. The van der Waals surface area contributed by atoms with Gasteiger partial charge in [-0.1, -0.05) is 24.3 Å². The molecule has 2 aromatic carbocycles. The molecule has 128 valence electrons. The number of amides is 1. The Kier molecular flexibility index (Phi) is 5.56. The van der Waals surface area contributed by atoms with Crippen LogP contribution in [0.4, 0.5) is 10.1 Å². The minimum atomic E-state index is -3.60. The van der Waals surface area contributed by atoms with Crippen LogP contribution in [0.15, 0.2) is 48.5 Å². The first kappa shape index (κ1) is 17.9. The van der Waals surface area contributed by atoms with Crippen molar-refractivity contribution < 1.29 is 17.6 Å². The van der Waals surface area contributed by atoms with E-state index in [-0.39, 0.29) is 18.9 Å². The van der Waals surface area contributed by atoms with E-state index in [1.54, 1.807) is 30.3 Å². The second kappa shape index (κ2) is 7.44.